The van der Waals surface area contributed by atoms with Crippen molar-refractivity contribution in [2.45, 2.75) is 6.92 Å². The van der Waals surface area contributed by atoms with Gasteiger partial charge in [0, 0.05) is 16.3 Å². The van der Waals surface area contributed by atoms with Crippen LogP contribution in [0, 0.1) is 6.92 Å². The van der Waals surface area contributed by atoms with Crippen molar-refractivity contribution in [3.63, 3.8) is 0 Å². The lowest BCUT2D eigenvalue weighted by Crippen LogP contribution is -2.14. The van der Waals surface area contributed by atoms with Gasteiger partial charge in [0.1, 0.15) is 5.75 Å². The lowest BCUT2D eigenvalue weighted by Gasteiger charge is -2.06. The van der Waals surface area contributed by atoms with Gasteiger partial charge in [-0.15, -0.1) is 5.10 Å². The fraction of sp³-hybridized carbons (Fsp3) is 0.0870. The number of carbonyl (C=O) groups is 1. The first-order chi connectivity index (χ1) is 14.5. The Morgan fingerprint density at radius 1 is 0.967 bits per heavy atom. The maximum absolute atomic E-state index is 12.8. The van der Waals surface area contributed by atoms with Gasteiger partial charge in [-0.05, 0) is 55.5 Å². The van der Waals surface area contributed by atoms with Crippen molar-refractivity contribution >= 4 is 23.2 Å². The van der Waals surface area contributed by atoms with Crippen LogP contribution in [0.3, 0.4) is 0 Å². The van der Waals surface area contributed by atoms with E-state index in [0.717, 1.165) is 16.8 Å². The third kappa shape index (κ3) is 4.18. The fourth-order valence-electron chi connectivity index (χ4n) is 2.92. The van der Waals surface area contributed by atoms with Crippen LogP contribution in [0.1, 0.15) is 16.2 Å². The number of hydrogen-bond acceptors (Lipinski definition) is 4. The predicted octanol–water partition coefficient (Wildman–Crippen LogP) is 5.16. The van der Waals surface area contributed by atoms with E-state index in [9.17, 15) is 4.79 Å². The highest BCUT2D eigenvalue weighted by molar-refractivity contribution is 6.30. The van der Waals surface area contributed by atoms with Gasteiger partial charge in [-0.3, -0.25) is 4.79 Å². The summed E-state index contributed by atoms with van der Waals surface area (Å²) in [5.74, 6) is 0.939. The lowest BCUT2D eigenvalue weighted by atomic mass is 10.1. The van der Waals surface area contributed by atoms with Gasteiger partial charge < -0.3 is 10.1 Å². The number of nitrogens with one attached hydrogen (secondary N) is 1. The molecule has 1 amide bonds. The number of halogens is 1. The van der Waals surface area contributed by atoms with Gasteiger partial charge in [0.2, 0.25) is 5.82 Å². The standard InChI is InChI=1S/C23H19ClN4O2/c1-15-3-5-16(6-4-15)22-26-21(27-28(22)19-11-7-17(24)8-12-19)23(29)25-18-9-13-20(30-2)14-10-18/h3-14H,1-2H3,(H,25,29). The Morgan fingerprint density at radius 2 is 1.63 bits per heavy atom. The van der Waals surface area contributed by atoms with Crippen LogP contribution in [0.15, 0.2) is 72.8 Å². The van der Waals surface area contributed by atoms with Gasteiger partial charge in [0.15, 0.2) is 5.82 Å². The molecule has 0 aliphatic rings. The first kappa shape index (κ1) is 19.7. The SMILES string of the molecule is COc1ccc(NC(=O)c2nc(-c3ccc(C)cc3)n(-c3ccc(Cl)cc3)n2)cc1. The third-order valence-electron chi connectivity index (χ3n) is 4.54. The van der Waals surface area contributed by atoms with Crippen molar-refractivity contribution in [3.8, 4) is 22.8 Å². The number of anilines is 1. The van der Waals surface area contributed by atoms with E-state index >= 15 is 0 Å². The highest BCUT2D eigenvalue weighted by Crippen LogP contribution is 2.23. The minimum absolute atomic E-state index is 0.0661. The summed E-state index contributed by atoms with van der Waals surface area (Å²) in [7, 11) is 1.59. The van der Waals surface area contributed by atoms with Crippen LogP contribution in [0.2, 0.25) is 5.02 Å². The molecule has 0 atom stereocenters. The van der Waals surface area contributed by atoms with E-state index in [0.29, 0.717) is 22.3 Å². The van der Waals surface area contributed by atoms with Crippen molar-refractivity contribution < 1.29 is 9.53 Å². The molecule has 0 aliphatic carbocycles. The highest BCUT2D eigenvalue weighted by Gasteiger charge is 2.19. The molecular weight excluding hydrogens is 400 g/mol. The summed E-state index contributed by atoms with van der Waals surface area (Å²) in [5, 5.41) is 7.90. The molecule has 0 radical (unpaired) electrons. The molecule has 3 aromatic carbocycles. The number of amides is 1. The second-order valence-electron chi connectivity index (χ2n) is 6.70. The predicted molar refractivity (Wildman–Crippen MR) is 117 cm³/mol. The number of nitrogens with zero attached hydrogens (tertiary/aromatic N) is 3. The number of benzene rings is 3. The van der Waals surface area contributed by atoms with Gasteiger partial charge in [0.25, 0.3) is 5.91 Å². The van der Waals surface area contributed by atoms with E-state index in [4.69, 9.17) is 16.3 Å². The number of carbonyl (C=O) groups excluding carboxylic acids is 1. The van der Waals surface area contributed by atoms with Crippen LogP contribution in [0.25, 0.3) is 17.1 Å². The highest BCUT2D eigenvalue weighted by atomic mass is 35.5. The zero-order chi connectivity index (χ0) is 21.1. The number of hydrogen-bond donors (Lipinski definition) is 1. The minimum atomic E-state index is -0.402. The van der Waals surface area contributed by atoms with Crippen molar-refractivity contribution in [3.05, 3.63) is 89.2 Å². The van der Waals surface area contributed by atoms with Crippen LogP contribution >= 0.6 is 11.6 Å². The molecule has 7 heteroatoms. The van der Waals surface area contributed by atoms with Crippen molar-refractivity contribution in [2.24, 2.45) is 0 Å². The van der Waals surface area contributed by atoms with E-state index < -0.39 is 5.91 Å². The van der Waals surface area contributed by atoms with Crippen LogP contribution in [0.5, 0.6) is 5.75 Å². The average molecular weight is 419 g/mol. The first-order valence-corrected chi connectivity index (χ1v) is 9.67. The van der Waals surface area contributed by atoms with Gasteiger partial charge in [0.05, 0.1) is 12.8 Å². The van der Waals surface area contributed by atoms with Gasteiger partial charge >= 0.3 is 0 Å². The average Bonchev–Trinajstić information content (AvgIpc) is 3.21. The molecule has 0 fully saturated rings. The molecule has 0 saturated carbocycles. The molecule has 1 aromatic heterocycles. The van der Waals surface area contributed by atoms with E-state index in [1.165, 1.54) is 0 Å². The normalized spacial score (nSPS) is 10.6. The smallest absolute Gasteiger partial charge is 0.295 e. The molecular formula is C23H19ClN4O2. The quantitative estimate of drug-likeness (QED) is 0.486. The van der Waals surface area contributed by atoms with Crippen molar-refractivity contribution in [1.29, 1.82) is 0 Å². The summed E-state index contributed by atoms with van der Waals surface area (Å²) < 4.78 is 6.79. The molecule has 0 bridgehead atoms. The Labute approximate surface area is 179 Å². The van der Waals surface area contributed by atoms with Crippen LogP contribution in [0.4, 0.5) is 5.69 Å². The van der Waals surface area contributed by atoms with Crippen molar-refractivity contribution in [1.82, 2.24) is 14.8 Å². The van der Waals surface area contributed by atoms with Crippen molar-refractivity contribution in [2.75, 3.05) is 12.4 Å². The molecule has 30 heavy (non-hydrogen) atoms. The Balaban J connectivity index is 1.71. The molecule has 4 rings (SSSR count). The molecule has 1 N–H and O–H groups in total. The Morgan fingerprint density at radius 3 is 2.27 bits per heavy atom. The monoisotopic (exact) mass is 418 g/mol. The minimum Gasteiger partial charge on any atom is -0.497 e. The molecule has 0 saturated heterocycles. The van der Waals surface area contributed by atoms with E-state index in [1.54, 1.807) is 48.2 Å². The Kier molecular flexibility index (Phi) is 5.50. The second kappa shape index (κ2) is 8.39. The van der Waals surface area contributed by atoms with Gasteiger partial charge in [-0.2, -0.15) is 0 Å². The largest absolute Gasteiger partial charge is 0.497 e. The summed E-state index contributed by atoms with van der Waals surface area (Å²) in [6.07, 6.45) is 0. The Hall–Kier alpha value is -3.64. The van der Waals surface area contributed by atoms with Crippen LogP contribution in [-0.2, 0) is 0 Å². The van der Waals surface area contributed by atoms with E-state index in [1.807, 2.05) is 43.3 Å². The molecule has 0 aliphatic heterocycles. The lowest BCUT2D eigenvalue weighted by molar-refractivity contribution is 0.101. The summed E-state index contributed by atoms with van der Waals surface area (Å²) in [6, 6.07) is 22.2. The molecule has 4 aromatic rings. The molecule has 0 spiro atoms. The van der Waals surface area contributed by atoms with Crippen LogP contribution < -0.4 is 10.1 Å². The van der Waals surface area contributed by atoms with E-state index in [2.05, 4.69) is 15.4 Å². The topological polar surface area (TPSA) is 69.0 Å². The number of ether oxygens (including phenoxy) is 1. The maximum Gasteiger partial charge on any atom is 0.295 e. The first-order valence-electron chi connectivity index (χ1n) is 9.29. The number of aromatic nitrogens is 3. The van der Waals surface area contributed by atoms with E-state index in [-0.39, 0.29) is 5.82 Å². The third-order valence-corrected chi connectivity index (χ3v) is 4.79. The van der Waals surface area contributed by atoms with Gasteiger partial charge in [-0.1, -0.05) is 41.4 Å². The molecule has 6 nitrogen and oxygen atoms in total. The fourth-order valence-corrected chi connectivity index (χ4v) is 3.05. The zero-order valence-electron chi connectivity index (χ0n) is 16.5. The summed E-state index contributed by atoms with van der Waals surface area (Å²) in [6.45, 7) is 2.02. The summed E-state index contributed by atoms with van der Waals surface area (Å²) >= 11 is 6.02. The maximum atomic E-state index is 12.8. The number of methoxy groups -OCH3 is 1. The zero-order valence-corrected chi connectivity index (χ0v) is 17.2. The molecule has 1 heterocycles. The summed E-state index contributed by atoms with van der Waals surface area (Å²) in [4.78, 5) is 17.3. The summed E-state index contributed by atoms with van der Waals surface area (Å²) in [5.41, 5.74) is 3.37. The second-order valence-corrected chi connectivity index (χ2v) is 7.13. The number of rotatable bonds is 5. The van der Waals surface area contributed by atoms with Crippen LogP contribution in [-0.4, -0.2) is 27.8 Å². The molecule has 0 unspecified atom stereocenters. The van der Waals surface area contributed by atoms with Gasteiger partial charge in [-0.25, -0.2) is 9.67 Å². The molecule has 150 valence electrons. The Bertz CT molecular complexity index is 1100. The number of aryl methyl sites for hydroxylation is 1.